The Kier molecular flexibility index (Phi) is 14.6. The first kappa shape index (κ1) is 46.9. The molecule has 2 aliphatic heterocycles. The zero-order valence-electron chi connectivity index (χ0n) is 38.8. The highest BCUT2D eigenvalue weighted by Gasteiger charge is 2.57. The van der Waals surface area contributed by atoms with Gasteiger partial charge in [-0.05, 0) is 120 Å². The van der Waals surface area contributed by atoms with E-state index in [2.05, 4.69) is 59.4 Å². The molecule has 3 aromatic carbocycles. The first-order valence-electron chi connectivity index (χ1n) is 23.0. The van der Waals surface area contributed by atoms with Crippen LogP contribution in [0.5, 0.6) is 5.75 Å². The molecule has 13 nitrogen and oxygen atoms in total. The van der Waals surface area contributed by atoms with Crippen molar-refractivity contribution in [2.75, 3.05) is 59.9 Å². The molecule has 5 fully saturated rings. The van der Waals surface area contributed by atoms with E-state index in [1.807, 2.05) is 81.6 Å². The summed E-state index contributed by atoms with van der Waals surface area (Å²) in [4.78, 5) is 41.4. The molecule has 0 aromatic heterocycles. The van der Waals surface area contributed by atoms with Gasteiger partial charge in [-0.3, -0.25) is 19.3 Å². The molecule has 3 aromatic rings. The zero-order valence-corrected chi connectivity index (χ0v) is 38.8. The molecule has 2 amide bonds. The number of anilines is 1. The average Bonchev–Trinajstić information content (AvgIpc) is 3.89. The van der Waals surface area contributed by atoms with Crippen molar-refractivity contribution in [2.24, 2.45) is 29.1 Å². The first-order valence-corrected chi connectivity index (χ1v) is 23.0. The molecule has 13 heteroatoms. The summed E-state index contributed by atoms with van der Waals surface area (Å²) in [6.45, 7) is 9.70. The van der Waals surface area contributed by atoms with Crippen LogP contribution in [-0.2, 0) is 22.6 Å². The van der Waals surface area contributed by atoms with E-state index in [-0.39, 0.29) is 48.5 Å². The minimum Gasteiger partial charge on any atom is -0.496 e. The van der Waals surface area contributed by atoms with Gasteiger partial charge in [0.1, 0.15) is 24.1 Å². The predicted octanol–water partition coefficient (Wildman–Crippen LogP) is 4.77. The van der Waals surface area contributed by atoms with Crippen LogP contribution in [0.25, 0.3) is 11.1 Å². The highest BCUT2D eigenvalue weighted by Crippen LogP contribution is 2.61. The third-order valence-corrected chi connectivity index (χ3v) is 14.9. The lowest BCUT2D eigenvalue weighted by atomic mass is 9.45. The molecule has 0 spiro atoms. The molecule has 3 saturated carbocycles. The smallest absolute Gasteiger partial charge is 0.251 e. The number of fused-ring (bicyclic) bond motifs is 2. The maximum absolute atomic E-state index is 14.5. The number of carbonyl (C=O) groups is 2. The second-order valence-electron chi connectivity index (χ2n) is 19.9. The highest BCUT2D eigenvalue weighted by molar-refractivity contribution is 5.97. The Labute approximate surface area is 374 Å². The van der Waals surface area contributed by atoms with Gasteiger partial charge in [0.25, 0.3) is 5.91 Å². The molecule has 63 heavy (non-hydrogen) atoms. The van der Waals surface area contributed by atoms with Crippen molar-refractivity contribution in [3.8, 4) is 16.9 Å². The summed E-state index contributed by atoms with van der Waals surface area (Å²) in [5.74, 6) is 0.864. The monoisotopic (exact) mass is 869 g/mol. The van der Waals surface area contributed by atoms with Crippen LogP contribution in [0.2, 0.25) is 0 Å². The van der Waals surface area contributed by atoms with Crippen molar-refractivity contribution >= 4 is 17.5 Å². The maximum Gasteiger partial charge on any atom is 0.251 e. The van der Waals surface area contributed by atoms with Gasteiger partial charge in [0.2, 0.25) is 5.91 Å². The van der Waals surface area contributed by atoms with Gasteiger partial charge in [-0.1, -0.05) is 69.3 Å². The molecule has 3 unspecified atom stereocenters. The molecule has 2 saturated heterocycles. The molecule has 3 aliphatic carbocycles. The van der Waals surface area contributed by atoms with Gasteiger partial charge in [0.15, 0.2) is 0 Å². The van der Waals surface area contributed by atoms with Crippen molar-refractivity contribution in [1.29, 1.82) is 0 Å². The summed E-state index contributed by atoms with van der Waals surface area (Å²) < 4.78 is 6.22. The minimum absolute atomic E-state index is 0.0148. The van der Waals surface area contributed by atoms with Crippen LogP contribution in [0.3, 0.4) is 0 Å². The number of aliphatic hydroxyl groups excluding tert-OH is 3. The topological polar surface area (TPSA) is 150 Å². The Morgan fingerprint density at radius 2 is 1.76 bits per heavy atom. The van der Waals surface area contributed by atoms with Crippen LogP contribution in [0.15, 0.2) is 66.7 Å². The SMILES string of the molecule is COc1c(CN2O[C@@H](CO)[C@@H]([C@H](C)O)[C@H]2C(=O)N[C@H]2C[C@H]3C[C@@H]([C@@H]2C)C3(C)C)cccc1-c1cc(C(=O)NC(Cc2ccccc2)CN(C)C)cc(N2CCCC2C(O)N(C)C)c1. The van der Waals surface area contributed by atoms with E-state index in [4.69, 9.17) is 9.57 Å². The molecule has 2 bridgehead atoms. The number of hydrogen-bond acceptors (Lipinski definition) is 11. The fraction of sp³-hybridized carbons (Fsp3) is 0.600. The number of rotatable bonds is 17. The van der Waals surface area contributed by atoms with Gasteiger partial charge >= 0.3 is 0 Å². The predicted molar refractivity (Wildman–Crippen MR) is 246 cm³/mol. The van der Waals surface area contributed by atoms with Crippen LogP contribution >= 0.6 is 0 Å². The number of amides is 2. The maximum atomic E-state index is 14.5. The fourth-order valence-corrected chi connectivity index (χ4v) is 11.4. The van der Waals surface area contributed by atoms with Crippen LogP contribution in [0, 0.1) is 29.1 Å². The number of hydroxylamine groups is 2. The normalized spacial score (nSPS) is 28.1. The van der Waals surface area contributed by atoms with Crippen molar-refractivity contribution in [2.45, 2.75) is 109 Å². The van der Waals surface area contributed by atoms with E-state index >= 15 is 0 Å². The molecule has 5 aliphatic rings. The molecule has 8 rings (SSSR count). The number of hydrogen-bond donors (Lipinski definition) is 5. The van der Waals surface area contributed by atoms with Gasteiger partial charge in [-0.15, -0.1) is 0 Å². The fourth-order valence-electron chi connectivity index (χ4n) is 11.4. The van der Waals surface area contributed by atoms with Crippen molar-refractivity contribution in [3.05, 3.63) is 83.4 Å². The first-order chi connectivity index (χ1) is 30.0. The Hall–Kier alpha value is -4.08. The summed E-state index contributed by atoms with van der Waals surface area (Å²) in [7, 11) is 9.35. The zero-order chi connectivity index (χ0) is 45.3. The molecular formula is C50H72N6O7. The van der Waals surface area contributed by atoms with Gasteiger partial charge in [0.05, 0.1) is 32.4 Å². The number of carbonyl (C=O) groups excluding carboxylic acids is 2. The lowest BCUT2D eigenvalue weighted by Crippen LogP contribution is -2.62. The Balaban J connectivity index is 1.22. The van der Waals surface area contributed by atoms with Crippen molar-refractivity contribution < 1.29 is 34.5 Å². The molecule has 0 radical (unpaired) electrons. The molecule has 2 heterocycles. The van der Waals surface area contributed by atoms with Crippen LogP contribution in [-0.4, -0.2) is 140 Å². The number of likely N-dealkylation sites (N-methyl/N-ethyl adjacent to an activating group) is 2. The lowest BCUT2D eigenvalue weighted by Gasteiger charge is -2.62. The van der Waals surface area contributed by atoms with Crippen LogP contribution in [0.1, 0.15) is 74.9 Å². The summed E-state index contributed by atoms with van der Waals surface area (Å²) in [5, 5.41) is 41.2. The largest absolute Gasteiger partial charge is 0.496 e. The van der Waals surface area contributed by atoms with Gasteiger partial charge in [-0.2, -0.15) is 5.06 Å². The van der Waals surface area contributed by atoms with E-state index in [9.17, 15) is 24.9 Å². The van der Waals surface area contributed by atoms with Crippen LogP contribution < -0.4 is 20.3 Å². The van der Waals surface area contributed by atoms with E-state index in [0.717, 1.165) is 53.7 Å². The van der Waals surface area contributed by atoms with E-state index < -0.39 is 30.4 Å². The summed E-state index contributed by atoms with van der Waals surface area (Å²) in [5.41, 5.74) is 4.94. The van der Waals surface area contributed by atoms with E-state index in [1.54, 1.807) is 19.1 Å². The van der Waals surface area contributed by atoms with Gasteiger partial charge in [0, 0.05) is 53.5 Å². The molecule has 5 N–H and O–H groups in total. The number of methoxy groups -OCH3 is 1. The van der Waals surface area contributed by atoms with Crippen molar-refractivity contribution in [3.63, 3.8) is 0 Å². The standard InChI is InChI=1S/C50H72N6O7/c1-30-40-25-36(50(40,3)4)26-41(30)52-48(60)45-44(31(2)58)43(29-57)63-56(45)27-33-17-13-18-39(46(33)62-9)34-22-35(24-38(23-34)55-20-14-19-42(55)49(61)54(7)8)47(59)51-37(28-53(5)6)21-32-15-11-10-12-16-32/h10-13,15-18,22-24,30-31,36-37,40-45,49,57-58,61H,14,19-21,25-29H2,1-9H3,(H,51,59)(H,52,60)/t30-,31-,36+,37?,40-,41-,42?,43-,44+,45-,49?/m0/s1. The number of benzene rings is 3. The van der Waals surface area contributed by atoms with Gasteiger partial charge in [-0.25, -0.2) is 0 Å². The van der Waals surface area contributed by atoms with Crippen LogP contribution in [0.4, 0.5) is 5.69 Å². The Morgan fingerprint density at radius 1 is 1.02 bits per heavy atom. The number of nitrogens with zero attached hydrogens (tertiary/aromatic N) is 4. The lowest BCUT2D eigenvalue weighted by molar-refractivity contribution is -0.183. The quantitative estimate of drug-likeness (QED) is 0.120. The number of para-hydroxylation sites is 1. The third kappa shape index (κ3) is 9.80. The Morgan fingerprint density at radius 3 is 2.40 bits per heavy atom. The summed E-state index contributed by atoms with van der Waals surface area (Å²) >= 11 is 0. The summed E-state index contributed by atoms with van der Waals surface area (Å²) in [6.07, 6.45) is 2.05. The highest BCUT2D eigenvalue weighted by atomic mass is 16.7. The third-order valence-electron chi connectivity index (χ3n) is 14.9. The molecule has 11 atom stereocenters. The van der Waals surface area contributed by atoms with E-state index in [1.165, 1.54) is 6.42 Å². The minimum atomic E-state index is -0.926. The Bertz CT molecular complexity index is 2050. The molecular weight excluding hydrogens is 797 g/mol. The van der Waals surface area contributed by atoms with Crippen molar-refractivity contribution in [1.82, 2.24) is 25.5 Å². The number of nitrogens with one attached hydrogen (secondary N) is 2. The van der Waals surface area contributed by atoms with Gasteiger partial charge < -0.3 is 40.5 Å². The van der Waals surface area contributed by atoms with E-state index in [0.29, 0.717) is 42.0 Å². The summed E-state index contributed by atoms with van der Waals surface area (Å²) in [6, 6.07) is 20.7. The second-order valence-corrected chi connectivity index (χ2v) is 19.9. The molecule has 344 valence electrons. The second kappa shape index (κ2) is 19.6. The number of ether oxygens (including phenoxy) is 1. The number of aliphatic hydroxyl groups is 3. The average molecular weight is 869 g/mol.